The molecule has 7 nitrogen and oxygen atoms in total. The molecule has 1 N–H and O–H groups in total. The van der Waals surface area contributed by atoms with Gasteiger partial charge in [0.1, 0.15) is 6.10 Å². The Morgan fingerprint density at radius 3 is 2.53 bits per heavy atom. The fourth-order valence-corrected chi connectivity index (χ4v) is 4.52. The summed E-state index contributed by atoms with van der Waals surface area (Å²) in [6, 6.07) is 1.90. The van der Waals surface area contributed by atoms with Crippen LogP contribution in [0.3, 0.4) is 0 Å². The summed E-state index contributed by atoms with van der Waals surface area (Å²) in [4.78, 5) is 13.3. The number of benzene rings is 1. The first-order valence-corrected chi connectivity index (χ1v) is 10.6. The second-order valence-corrected chi connectivity index (χ2v) is 8.71. The highest BCUT2D eigenvalue weighted by Gasteiger charge is 2.66. The van der Waals surface area contributed by atoms with Crippen molar-refractivity contribution in [1.29, 1.82) is 0 Å². The number of aromatic nitrogens is 2. The molecule has 2 saturated heterocycles. The van der Waals surface area contributed by atoms with Crippen molar-refractivity contribution >= 4 is 11.6 Å². The van der Waals surface area contributed by atoms with E-state index in [1.165, 1.54) is 13.1 Å². The van der Waals surface area contributed by atoms with Gasteiger partial charge in [0, 0.05) is 17.4 Å². The molecule has 1 amide bonds. The van der Waals surface area contributed by atoms with Crippen LogP contribution in [0.2, 0.25) is 0 Å². The fraction of sp³-hybridized carbons (Fsp3) is 0.545. The van der Waals surface area contributed by atoms with Crippen molar-refractivity contribution in [3.63, 3.8) is 0 Å². The minimum atomic E-state index is -4.84. The third kappa shape index (κ3) is 3.72. The topological polar surface area (TPSA) is 74.6 Å². The standard InChI is InChI=1S/C22H24F5N3O4/c1-10-16(13-5-6-14(23)17(24)18(13)32-4)19(34-21(10,3)22(25,26)27)20(31)29-15-7-28-30(11(15)2)12-8-33-9-12/h5-7,10,12,16,19H,8-9H2,1-4H3,(H,29,31)/t10-,16-,19+,21+/m0/s1. The smallest absolute Gasteiger partial charge is 0.417 e. The summed E-state index contributed by atoms with van der Waals surface area (Å²) in [6.45, 7) is 4.72. The van der Waals surface area contributed by atoms with Crippen LogP contribution in [-0.2, 0) is 14.3 Å². The predicted molar refractivity (Wildman–Crippen MR) is 110 cm³/mol. The summed E-state index contributed by atoms with van der Waals surface area (Å²) >= 11 is 0. The fourth-order valence-electron chi connectivity index (χ4n) is 4.52. The molecule has 2 fully saturated rings. The Bertz CT molecular complexity index is 1100. The molecule has 4 atom stereocenters. The Kier molecular flexibility index (Phi) is 6.09. The lowest BCUT2D eigenvalue weighted by molar-refractivity contribution is -0.272. The van der Waals surface area contributed by atoms with Crippen LogP contribution in [0.5, 0.6) is 5.75 Å². The number of alkyl halides is 3. The van der Waals surface area contributed by atoms with Crippen LogP contribution in [0, 0.1) is 24.5 Å². The number of hydrogen-bond donors (Lipinski definition) is 1. The van der Waals surface area contributed by atoms with Crippen molar-refractivity contribution in [2.45, 2.75) is 50.6 Å². The van der Waals surface area contributed by atoms with Gasteiger partial charge in [-0.25, -0.2) is 4.39 Å². The lowest BCUT2D eigenvalue weighted by atomic mass is 9.77. The van der Waals surface area contributed by atoms with E-state index >= 15 is 0 Å². The summed E-state index contributed by atoms with van der Waals surface area (Å²) in [5, 5.41) is 6.80. The number of anilines is 1. The molecule has 0 unspecified atom stereocenters. The van der Waals surface area contributed by atoms with Crippen molar-refractivity contribution in [2.24, 2.45) is 5.92 Å². The van der Waals surface area contributed by atoms with E-state index in [0.717, 1.165) is 26.2 Å². The van der Waals surface area contributed by atoms with Crippen LogP contribution in [0.4, 0.5) is 27.6 Å². The van der Waals surface area contributed by atoms with Crippen LogP contribution in [-0.4, -0.2) is 53.9 Å². The van der Waals surface area contributed by atoms with E-state index in [9.17, 15) is 26.7 Å². The summed E-state index contributed by atoms with van der Waals surface area (Å²) in [5.74, 6) is -6.64. The van der Waals surface area contributed by atoms with E-state index < -0.39 is 53.0 Å². The first-order chi connectivity index (χ1) is 15.9. The molecular formula is C22H24F5N3O4. The number of hydrogen-bond acceptors (Lipinski definition) is 5. The Morgan fingerprint density at radius 2 is 1.97 bits per heavy atom. The number of amides is 1. The van der Waals surface area contributed by atoms with Crippen LogP contribution in [0.25, 0.3) is 0 Å². The summed E-state index contributed by atoms with van der Waals surface area (Å²) < 4.78 is 87.5. The van der Waals surface area contributed by atoms with Crippen molar-refractivity contribution in [3.05, 3.63) is 41.2 Å². The normalized spacial score (nSPS) is 27.5. The lowest BCUT2D eigenvalue weighted by Gasteiger charge is -2.32. The highest BCUT2D eigenvalue weighted by atomic mass is 19.4. The van der Waals surface area contributed by atoms with Gasteiger partial charge >= 0.3 is 6.18 Å². The minimum absolute atomic E-state index is 0.00104. The Labute approximate surface area is 192 Å². The number of methoxy groups -OCH3 is 1. The summed E-state index contributed by atoms with van der Waals surface area (Å²) in [7, 11) is 1.07. The minimum Gasteiger partial charge on any atom is -0.493 e. The maximum atomic E-state index is 14.4. The number of ether oxygens (including phenoxy) is 3. The van der Waals surface area contributed by atoms with Gasteiger partial charge in [-0.1, -0.05) is 13.0 Å². The Morgan fingerprint density at radius 1 is 1.29 bits per heavy atom. The average molecular weight is 489 g/mol. The highest BCUT2D eigenvalue weighted by Crippen LogP contribution is 2.55. The molecule has 12 heteroatoms. The van der Waals surface area contributed by atoms with E-state index in [2.05, 4.69) is 10.4 Å². The molecule has 0 spiro atoms. The predicted octanol–water partition coefficient (Wildman–Crippen LogP) is 4.13. The van der Waals surface area contributed by atoms with Gasteiger partial charge in [0.25, 0.3) is 5.91 Å². The van der Waals surface area contributed by atoms with Crippen molar-refractivity contribution < 1.29 is 41.0 Å². The molecule has 186 valence electrons. The van der Waals surface area contributed by atoms with Gasteiger partial charge in [0.05, 0.1) is 43.9 Å². The molecule has 1 aromatic heterocycles. The zero-order chi connectivity index (χ0) is 25.0. The Balaban J connectivity index is 1.72. The van der Waals surface area contributed by atoms with Crippen LogP contribution in [0.15, 0.2) is 18.3 Å². The quantitative estimate of drug-likeness (QED) is 0.640. The number of halogens is 5. The van der Waals surface area contributed by atoms with Gasteiger partial charge < -0.3 is 19.5 Å². The number of nitrogens with zero attached hydrogens (tertiary/aromatic N) is 2. The molecule has 2 aliphatic heterocycles. The zero-order valence-electron chi connectivity index (χ0n) is 18.9. The number of nitrogens with one attached hydrogen (secondary N) is 1. The van der Waals surface area contributed by atoms with Gasteiger partial charge in [-0.15, -0.1) is 0 Å². The average Bonchev–Trinajstić information content (AvgIpc) is 3.21. The monoisotopic (exact) mass is 489 g/mol. The molecule has 3 heterocycles. The molecule has 2 aliphatic rings. The second kappa shape index (κ2) is 8.49. The van der Waals surface area contributed by atoms with Gasteiger partial charge in [-0.05, 0) is 19.9 Å². The van der Waals surface area contributed by atoms with Crippen LogP contribution >= 0.6 is 0 Å². The Hall–Kier alpha value is -2.73. The molecule has 1 aromatic carbocycles. The van der Waals surface area contributed by atoms with Crippen LogP contribution in [0.1, 0.15) is 37.1 Å². The zero-order valence-corrected chi connectivity index (χ0v) is 18.9. The van der Waals surface area contributed by atoms with Crippen LogP contribution < -0.4 is 10.1 Å². The molecule has 2 aromatic rings. The summed E-state index contributed by atoms with van der Waals surface area (Å²) in [5.41, 5.74) is -1.93. The first-order valence-electron chi connectivity index (χ1n) is 10.6. The highest BCUT2D eigenvalue weighted by molar-refractivity contribution is 5.95. The van der Waals surface area contributed by atoms with Crippen molar-refractivity contribution in [2.75, 3.05) is 25.6 Å². The van der Waals surface area contributed by atoms with E-state index in [1.807, 2.05) is 0 Å². The third-order valence-electron chi connectivity index (χ3n) is 6.84. The molecule has 4 rings (SSSR count). The molecule has 0 bridgehead atoms. The summed E-state index contributed by atoms with van der Waals surface area (Å²) in [6.07, 6.45) is -5.12. The number of carbonyl (C=O) groups is 1. The second-order valence-electron chi connectivity index (χ2n) is 8.71. The molecule has 34 heavy (non-hydrogen) atoms. The largest absolute Gasteiger partial charge is 0.493 e. The van der Waals surface area contributed by atoms with E-state index in [0.29, 0.717) is 24.6 Å². The van der Waals surface area contributed by atoms with Gasteiger partial charge in [0.15, 0.2) is 17.2 Å². The molecule has 0 radical (unpaired) electrons. The SMILES string of the molecule is COc1c([C@H]2[C@H](C(=O)Nc3cnn(C4COC4)c3C)O[C@@](C)(C(F)(F)F)[C@H]2C)ccc(F)c1F. The van der Waals surface area contributed by atoms with E-state index in [1.54, 1.807) is 11.6 Å². The first kappa shape index (κ1) is 24.4. The number of rotatable bonds is 5. The molecule has 0 aliphatic carbocycles. The third-order valence-corrected chi connectivity index (χ3v) is 6.84. The maximum Gasteiger partial charge on any atom is 0.417 e. The van der Waals surface area contributed by atoms with Gasteiger partial charge in [-0.2, -0.15) is 22.7 Å². The van der Waals surface area contributed by atoms with Gasteiger partial charge in [-0.3, -0.25) is 9.48 Å². The van der Waals surface area contributed by atoms with Gasteiger partial charge in [0.2, 0.25) is 5.82 Å². The molecule has 0 saturated carbocycles. The van der Waals surface area contributed by atoms with E-state index in [-0.39, 0.29) is 11.6 Å². The molecular weight excluding hydrogens is 465 g/mol. The van der Waals surface area contributed by atoms with Crippen molar-refractivity contribution in [1.82, 2.24) is 9.78 Å². The lowest BCUT2D eigenvalue weighted by Crippen LogP contribution is -2.47. The maximum absolute atomic E-state index is 14.4. The van der Waals surface area contributed by atoms with E-state index in [4.69, 9.17) is 14.2 Å². The van der Waals surface area contributed by atoms with Crippen molar-refractivity contribution in [3.8, 4) is 5.75 Å². The number of carbonyl (C=O) groups excluding carboxylic acids is 1.